The number of hydrogen-bond donors (Lipinski definition) is 1. The first-order valence-electron chi connectivity index (χ1n) is 12.0. The predicted octanol–water partition coefficient (Wildman–Crippen LogP) is 4.44. The molecule has 1 saturated heterocycles. The molecule has 1 aliphatic rings. The second kappa shape index (κ2) is 14.8. The Kier molecular flexibility index (Phi) is 12.2. The fourth-order valence-corrected chi connectivity index (χ4v) is 4.35. The van der Waals surface area contributed by atoms with Crippen molar-refractivity contribution in [2.24, 2.45) is 5.92 Å². The molecule has 1 fully saturated rings. The van der Waals surface area contributed by atoms with Crippen molar-refractivity contribution < 1.29 is 23.7 Å². The number of halogens is 1. The molecule has 7 nitrogen and oxygen atoms in total. The monoisotopic (exact) mass is 506 g/mol. The number of ether oxygens (including phenoxy) is 4. The number of amides is 1. The molecule has 35 heavy (non-hydrogen) atoms. The highest BCUT2D eigenvalue weighted by atomic mass is 35.5. The van der Waals surface area contributed by atoms with Crippen molar-refractivity contribution in [2.75, 3.05) is 47.1 Å². The van der Waals surface area contributed by atoms with Crippen molar-refractivity contribution in [1.82, 2.24) is 10.2 Å². The topological polar surface area (TPSA) is 69.3 Å². The third-order valence-electron chi connectivity index (χ3n) is 5.99. The maximum atomic E-state index is 13.7. The van der Waals surface area contributed by atoms with E-state index in [0.717, 1.165) is 31.7 Å². The smallest absolute Gasteiger partial charge is 0.254 e. The van der Waals surface area contributed by atoms with Gasteiger partial charge in [0.05, 0.1) is 20.3 Å². The van der Waals surface area contributed by atoms with Gasteiger partial charge in [0, 0.05) is 56.8 Å². The van der Waals surface area contributed by atoms with Crippen molar-refractivity contribution in [1.29, 1.82) is 0 Å². The summed E-state index contributed by atoms with van der Waals surface area (Å²) < 4.78 is 22.4. The lowest BCUT2D eigenvalue weighted by atomic mass is 9.94. The van der Waals surface area contributed by atoms with Crippen LogP contribution in [0.5, 0.6) is 17.2 Å². The zero-order chi connectivity index (χ0) is 24.3. The van der Waals surface area contributed by atoms with E-state index >= 15 is 0 Å². The lowest BCUT2D eigenvalue weighted by Gasteiger charge is -2.40. The summed E-state index contributed by atoms with van der Waals surface area (Å²) in [4.78, 5) is 15.6. The van der Waals surface area contributed by atoms with Crippen LogP contribution in [-0.2, 0) is 4.74 Å². The van der Waals surface area contributed by atoms with Crippen molar-refractivity contribution in [3.63, 3.8) is 0 Å². The lowest BCUT2D eigenvalue weighted by Crippen LogP contribution is -2.54. The molecular weight excluding hydrogens is 468 g/mol. The minimum Gasteiger partial charge on any atom is -0.493 e. The summed E-state index contributed by atoms with van der Waals surface area (Å²) in [6.07, 6.45) is 1.65. The van der Waals surface area contributed by atoms with Crippen LogP contribution in [0.4, 0.5) is 0 Å². The van der Waals surface area contributed by atoms with Crippen molar-refractivity contribution in [3.05, 3.63) is 54.1 Å². The van der Waals surface area contributed by atoms with Gasteiger partial charge < -0.3 is 29.2 Å². The zero-order valence-corrected chi connectivity index (χ0v) is 22.0. The summed E-state index contributed by atoms with van der Waals surface area (Å²) in [5.41, 5.74) is 0.596. The second-order valence-corrected chi connectivity index (χ2v) is 8.90. The number of carbonyl (C=O) groups is 1. The van der Waals surface area contributed by atoms with Crippen molar-refractivity contribution >= 4 is 18.3 Å². The van der Waals surface area contributed by atoms with Gasteiger partial charge in [0.1, 0.15) is 5.75 Å². The first kappa shape index (κ1) is 28.8. The van der Waals surface area contributed by atoms with Crippen LogP contribution in [0.15, 0.2) is 48.5 Å². The molecule has 1 amide bonds. The van der Waals surface area contributed by atoms with Crippen LogP contribution < -0.4 is 19.5 Å². The van der Waals surface area contributed by atoms with Gasteiger partial charge in [0.2, 0.25) is 0 Å². The Bertz CT molecular complexity index is 896. The highest BCUT2D eigenvalue weighted by Crippen LogP contribution is 2.30. The normalized spacial score (nSPS) is 17.4. The molecule has 0 saturated carbocycles. The molecule has 0 aliphatic carbocycles. The van der Waals surface area contributed by atoms with Gasteiger partial charge >= 0.3 is 0 Å². The van der Waals surface area contributed by atoms with Gasteiger partial charge in [-0.1, -0.05) is 18.2 Å². The van der Waals surface area contributed by atoms with E-state index in [-0.39, 0.29) is 30.4 Å². The molecule has 0 spiro atoms. The Morgan fingerprint density at radius 2 is 1.80 bits per heavy atom. The quantitative estimate of drug-likeness (QED) is 0.429. The third kappa shape index (κ3) is 8.30. The summed E-state index contributed by atoms with van der Waals surface area (Å²) in [5.74, 6) is 2.38. The first-order chi connectivity index (χ1) is 16.5. The minimum atomic E-state index is -0.00387. The second-order valence-electron chi connectivity index (χ2n) is 8.90. The Labute approximate surface area is 215 Å². The Balaban J connectivity index is 0.00000432. The Hall–Kier alpha value is -2.48. The van der Waals surface area contributed by atoms with Crippen LogP contribution in [0, 0.1) is 5.92 Å². The van der Waals surface area contributed by atoms with E-state index in [9.17, 15) is 4.79 Å². The maximum Gasteiger partial charge on any atom is 0.254 e. The highest BCUT2D eigenvalue weighted by Gasteiger charge is 2.32. The van der Waals surface area contributed by atoms with Gasteiger partial charge in [0.25, 0.3) is 5.91 Å². The molecule has 1 aliphatic heterocycles. The largest absolute Gasteiger partial charge is 0.493 e. The zero-order valence-electron chi connectivity index (χ0n) is 21.2. The summed E-state index contributed by atoms with van der Waals surface area (Å²) in [6, 6.07) is 15.4. The molecule has 1 heterocycles. The molecule has 3 rings (SSSR count). The number of nitrogens with one attached hydrogen (secondary N) is 1. The number of methoxy groups -OCH3 is 2. The van der Waals surface area contributed by atoms with Gasteiger partial charge in [-0.2, -0.15) is 0 Å². The molecule has 8 heteroatoms. The highest BCUT2D eigenvalue weighted by molar-refractivity contribution is 5.95. The van der Waals surface area contributed by atoms with E-state index in [2.05, 4.69) is 19.2 Å². The molecule has 194 valence electrons. The lowest BCUT2D eigenvalue weighted by molar-refractivity contribution is 0.0509. The van der Waals surface area contributed by atoms with Gasteiger partial charge in [-0.25, -0.2) is 0 Å². The summed E-state index contributed by atoms with van der Waals surface area (Å²) in [6.45, 7) is 7.50. The molecule has 2 aromatic carbocycles. The number of hydrogen-bond acceptors (Lipinski definition) is 6. The number of piperidine rings is 1. The van der Waals surface area contributed by atoms with E-state index in [1.54, 1.807) is 26.4 Å². The van der Waals surface area contributed by atoms with Crippen LogP contribution in [-0.4, -0.2) is 70.0 Å². The average Bonchev–Trinajstić information content (AvgIpc) is 2.86. The number of nitrogens with zero attached hydrogens (tertiary/aromatic N) is 1. The van der Waals surface area contributed by atoms with Gasteiger partial charge in [-0.15, -0.1) is 12.4 Å². The fraction of sp³-hybridized carbons (Fsp3) is 0.519. The molecule has 1 N–H and O–H groups in total. The van der Waals surface area contributed by atoms with Crippen LogP contribution >= 0.6 is 12.4 Å². The van der Waals surface area contributed by atoms with E-state index in [0.29, 0.717) is 42.8 Å². The van der Waals surface area contributed by atoms with Gasteiger partial charge in [0.15, 0.2) is 11.5 Å². The van der Waals surface area contributed by atoms with E-state index in [1.165, 1.54) is 0 Å². The molecule has 2 atom stereocenters. The standard InChI is InChI=1S/C27H38N2O5.ClH/c1-20(2)29(23-15-21(17-28-18-23)19-34-24-9-6-5-7-10-24)27(30)22-11-12-25(32-4)26(16-22)33-14-8-13-31-3;/h5-7,9-12,16,20-21,23,28H,8,13-15,17-19H2,1-4H3;1H/t21-,23+;/m0./s1. The summed E-state index contributed by atoms with van der Waals surface area (Å²) in [7, 11) is 3.27. The first-order valence-corrected chi connectivity index (χ1v) is 12.0. The number of rotatable bonds is 12. The molecular formula is C27H39ClN2O5. The minimum absolute atomic E-state index is 0. The number of carbonyl (C=O) groups excluding carboxylic acids is 1. The van der Waals surface area contributed by atoms with Gasteiger partial charge in [-0.05, 0) is 50.6 Å². The SMILES string of the molecule is COCCCOc1cc(C(=O)N(C(C)C)[C@H]2CNC[C@@H](COc3ccccc3)C2)ccc1OC.Cl. The van der Waals surface area contributed by atoms with Crippen LogP contribution in [0.1, 0.15) is 37.0 Å². The maximum absolute atomic E-state index is 13.7. The van der Waals surface area contributed by atoms with E-state index in [4.69, 9.17) is 18.9 Å². The summed E-state index contributed by atoms with van der Waals surface area (Å²) in [5, 5.41) is 3.50. The Morgan fingerprint density at radius 3 is 2.49 bits per heavy atom. The third-order valence-corrected chi connectivity index (χ3v) is 5.99. The molecule has 2 aromatic rings. The van der Waals surface area contributed by atoms with Gasteiger partial charge in [-0.3, -0.25) is 4.79 Å². The molecule has 0 radical (unpaired) electrons. The average molecular weight is 507 g/mol. The molecule has 0 bridgehead atoms. The van der Waals surface area contributed by atoms with Crippen LogP contribution in [0.25, 0.3) is 0 Å². The van der Waals surface area contributed by atoms with E-state index in [1.807, 2.05) is 41.3 Å². The van der Waals surface area contributed by atoms with Crippen LogP contribution in [0.2, 0.25) is 0 Å². The number of para-hydroxylation sites is 1. The fourth-order valence-electron chi connectivity index (χ4n) is 4.35. The van der Waals surface area contributed by atoms with Crippen LogP contribution in [0.3, 0.4) is 0 Å². The molecule has 0 aromatic heterocycles. The Morgan fingerprint density at radius 1 is 1.03 bits per heavy atom. The number of benzene rings is 2. The molecule has 0 unspecified atom stereocenters. The predicted molar refractivity (Wildman–Crippen MR) is 140 cm³/mol. The van der Waals surface area contributed by atoms with Crippen molar-refractivity contribution in [2.45, 2.75) is 38.8 Å². The van der Waals surface area contributed by atoms with Crippen molar-refractivity contribution in [3.8, 4) is 17.2 Å². The summed E-state index contributed by atoms with van der Waals surface area (Å²) >= 11 is 0. The van der Waals surface area contributed by atoms with E-state index < -0.39 is 0 Å².